The Hall–Kier alpha value is -2.14. The summed E-state index contributed by atoms with van der Waals surface area (Å²) in [4.78, 5) is 19.5. The van der Waals surface area contributed by atoms with Crippen LogP contribution in [0.2, 0.25) is 0 Å². The van der Waals surface area contributed by atoms with Crippen LogP contribution in [0.25, 0.3) is 16.1 Å². The summed E-state index contributed by atoms with van der Waals surface area (Å²) >= 11 is 1.66. The van der Waals surface area contributed by atoms with Gasteiger partial charge in [-0.1, -0.05) is 0 Å². The Balaban J connectivity index is 2.11. The van der Waals surface area contributed by atoms with Gasteiger partial charge >= 0.3 is 0 Å². The van der Waals surface area contributed by atoms with Gasteiger partial charge in [-0.15, -0.1) is 11.3 Å². The Kier molecular flexibility index (Phi) is 2.83. The molecule has 0 amide bonds. The monoisotopic (exact) mass is 271 g/mol. The molecule has 0 atom stereocenters. The molecular formula is C14H13N3OS. The van der Waals surface area contributed by atoms with E-state index in [2.05, 4.69) is 21.4 Å². The molecule has 0 aliphatic carbocycles. The smallest absolute Gasteiger partial charge is 0.248 e. The predicted molar refractivity (Wildman–Crippen MR) is 77.0 cm³/mol. The molecule has 0 aliphatic rings. The maximum atomic E-state index is 11.4. The van der Waals surface area contributed by atoms with E-state index in [0.717, 1.165) is 27.4 Å². The van der Waals surface area contributed by atoms with E-state index in [0.29, 0.717) is 0 Å². The van der Waals surface area contributed by atoms with Crippen molar-refractivity contribution in [1.29, 1.82) is 0 Å². The van der Waals surface area contributed by atoms with Crippen LogP contribution in [0.15, 0.2) is 41.0 Å². The number of aromatic amines is 1. The summed E-state index contributed by atoms with van der Waals surface area (Å²) in [5.41, 5.74) is 4.05. The molecule has 0 radical (unpaired) electrons. The Morgan fingerprint density at radius 3 is 2.84 bits per heavy atom. The van der Waals surface area contributed by atoms with E-state index in [1.54, 1.807) is 29.9 Å². The molecule has 5 heteroatoms. The van der Waals surface area contributed by atoms with Crippen molar-refractivity contribution in [2.45, 2.75) is 13.8 Å². The van der Waals surface area contributed by atoms with Gasteiger partial charge in [0.25, 0.3) is 0 Å². The summed E-state index contributed by atoms with van der Waals surface area (Å²) < 4.78 is 1.97. The Morgan fingerprint density at radius 1 is 1.32 bits per heavy atom. The first-order chi connectivity index (χ1) is 9.15. The molecule has 0 bridgehead atoms. The number of pyridine rings is 1. The number of H-pyrrole nitrogens is 1. The summed E-state index contributed by atoms with van der Waals surface area (Å²) in [6, 6.07) is 3.75. The lowest BCUT2D eigenvalue weighted by Crippen LogP contribution is -2.07. The number of nitrogens with zero attached hydrogens (tertiary/aromatic N) is 2. The third-order valence-corrected chi connectivity index (χ3v) is 4.00. The van der Waals surface area contributed by atoms with E-state index >= 15 is 0 Å². The first-order valence-corrected chi connectivity index (χ1v) is 6.81. The molecule has 0 spiro atoms. The average Bonchev–Trinajstić information content (AvgIpc) is 2.97. The Morgan fingerprint density at radius 2 is 2.16 bits per heavy atom. The first-order valence-electron chi connectivity index (χ1n) is 5.93. The fourth-order valence-electron chi connectivity index (χ4n) is 2.23. The normalized spacial score (nSPS) is 10.8. The van der Waals surface area contributed by atoms with Crippen molar-refractivity contribution in [3.05, 3.63) is 57.8 Å². The molecule has 3 aromatic heterocycles. The van der Waals surface area contributed by atoms with Gasteiger partial charge in [-0.3, -0.25) is 4.79 Å². The highest BCUT2D eigenvalue weighted by atomic mass is 32.1. The molecular weight excluding hydrogens is 258 g/mol. The largest absolute Gasteiger partial charge is 0.326 e. The number of aromatic nitrogens is 3. The summed E-state index contributed by atoms with van der Waals surface area (Å²) in [7, 11) is 0. The molecule has 3 rings (SSSR count). The molecule has 0 aliphatic heterocycles. The van der Waals surface area contributed by atoms with E-state index in [4.69, 9.17) is 0 Å². The highest BCUT2D eigenvalue weighted by Crippen LogP contribution is 2.32. The van der Waals surface area contributed by atoms with Gasteiger partial charge in [0.15, 0.2) is 0 Å². The van der Waals surface area contributed by atoms with Crippen LogP contribution in [-0.2, 0) is 0 Å². The van der Waals surface area contributed by atoms with Crippen molar-refractivity contribution in [2.75, 3.05) is 0 Å². The van der Waals surface area contributed by atoms with Gasteiger partial charge in [0.2, 0.25) is 5.56 Å². The molecule has 0 fully saturated rings. The van der Waals surface area contributed by atoms with Crippen molar-refractivity contribution in [3.8, 4) is 16.1 Å². The molecule has 0 aromatic carbocycles. The molecule has 19 heavy (non-hydrogen) atoms. The van der Waals surface area contributed by atoms with Crippen LogP contribution < -0.4 is 5.56 Å². The minimum absolute atomic E-state index is 0.0508. The minimum Gasteiger partial charge on any atom is -0.326 e. The zero-order chi connectivity index (χ0) is 13.4. The minimum atomic E-state index is -0.0508. The molecule has 96 valence electrons. The van der Waals surface area contributed by atoms with E-state index in [-0.39, 0.29) is 5.56 Å². The standard InChI is InChI=1S/C14H13N3OS/c1-9-5-13(18)16-10(2)14(9)12-6-11(7-19-12)17-4-3-15-8-17/h3-8H,1-2H3,(H,16,18). The lowest BCUT2D eigenvalue weighted by molar-refractivity contribution is 1.07. The highest BCUT2D eigenvalue weighted by molar-refractivity contribution is 7.14. The number of aryl methyl sites for hydroxylation is 2. The number of imidazole rings is 1. The van der Waals surface area contributed by atoms with Crippen molar-refractivity contribution >= 4 is 11.3 Å². The second kappa shape index (κ2) is 4.51. The molecule has 3 heterocycles. The lowest BCUT2D eigenvalue weighted by atomic mass is 10.1. The van der Waals surface area contributed by atoms with Crippen molar-refractivity contribution in [1.82, 2.24) is 14.5 Å². The maximum absolute atomic E-state index is 11.4. The number of nitrogens with one attached hydrogen (secondary N) is 1. The van der Waals surface area contributed by atoms with Crippen molar-refractivity contribution in [3.63, 3.8) is 0 Å². The van der Waals surface area contributed by atoms with Crippen LogP contribution in [0.1, 0.15) is 11.3 Å². The molecule has 4 nitrogen and oxygen atoms in total. The van der Waals surface area contributed by atoms with E-state index in [1.807, 2.05) is 24.6 Å². The SMILES string of the molecule is Cc1cc(=O)[nH]c(C)c1-c1cc(-n2ccnc2)cs1. The summed E-state index contributed by atoms with van der Waals surface area (Å²) in [6.07, 6.45) is 5.45. The van der Waals surface area contributed by atoms with Crippen LogP contribution in [0.5, 0.6) is 0 Å². The van der Waals surface area contributed by atoms with Gasteiger partial charge in [-0.2, -0.15) is 0 Å². The van der Waals surface area contributed by atoms with Crippen molar-refractivity contribution < 1.29 is 0 Å². The average molecular weight is 271 g/mol. The summed E-state index contributed by atoms with van der Waals surface area (Å²) in [5, 5.41) is 2.08. The quantitative estimate of drug-likeness (QED) is 0.779. The van der Waals surface area contributed by atoms with Crippen LogP contribution >= 0.6 is 11.3 Å². The highest BCUT2D eigenvalue weighted by Gasteiger charge is 2.10. The number of hydrogen-bond donors (Lipinski definition) is 1. The molecule has 0 unspecified atom stereocenters. The zero-order valence-electron chi connectivity index (χ0n) is 10.7. The van der Waals surface area contributed by atoms with E-state index in [1.165, 1.54) is 0 Å². The third kappa shape index (κ3) is 2.13. The van der Waals surface area contributed by atoms with Gasteiger partial charge in [-0.05, 0) is 25.5 Å². The lowest BCUT2D eigenvalue weighted by Gasteiger charge is -2.06. The second-order valence-electron chi connectivity index (χ2n) is 4.46. The van der Waals surface area contributed by atoms with Gasteiger partial charge in [0, 0.05) is 40.0 Å². The van der Waals surface area contributed by atoms with Gasteiger partial charge in [0.05, 0.1) is 12.0 Å². The van der Waals surface area contributed by atoms with Crippen LogP contribution in [0.3, 0.4) is 0 Å². The van der Waals surface area contributed by atoms with Crippen LogP contribution in [-0.4, -0.2) is 14.5 Å². The number of rotatable bonds is 2. The summed E-state index contributed by atoms with van der Waals surface area (Å²) in [6.45, 7) is 3.90. The Labute approximate surface area is 114 Å². The second-order valence-corrected chi connectivity index (χ2v) is 5.37. The Bertz CT molecular complexity index is 742. The third-order valence-electron chi connectivity index (χ3n) is 3.06. The predicted octanol–water partition coefficient (Wildman–Crippen LogP) is 2.91. The van der Waals surface area contributed by atoms with Crippen molar-refractivity contribution in [2.24, 2.45) is 0 Å². The van der Waals surface area contributed by atoms with Crippen LogP contribution in [0, 0.1) is 13.8 Å². The maximum Gasteiger partial charge on any atom is 0.248 e. The van der Waals surface area contributed by atoms with E-state index in [9.17, 15) is 4.79 Å². The summed E-state index contributed by atoms with van der Waals surface area (Å²) in [5.74, 6) is 0. The molecule has 0 saturated heterocycles. The fourth-order valence-corrected chi connectivity index (χ4v) is 3.29. The molecule has 0 saturated carbocycles. The fraction of sp³-hybridized carbons (Fsp3) is 0.143. The molecule has 3 aromatic rings. The van der Waals surface area contributed by atoms with Crippen LogP contribution in [0.4, 0.5) is 0 Å². The first kappa shape index (κ1) is 11.9. The van der Waals surface area contributed by atoms with Gasteiger partial charge < -0.3 is 9.55 Å². The topological polar surface area (TPSA) is 50.7 Å². The van der Waals surface area contributed by atoms with Gasteiger partial charge in [0.1, 0.15) is 0 Å². The molecule has 1 N–H and O–H groups in total. The van der Waals surface area contributed by atoms with E-state index < -0.39 is 0 Å². The zero-order valence-corrected chi connectivity index (χ0v) is 11.5. The van der Waals surface area contributed by atoms with Gasteiger partial charge in [-0.25, -0.2) is 4.98 Å². The number of hydrogen-bond acceptors (Lipinski definition) is 3. The number of thiophene rings is 1.